The molecule has 3 N–H and O–H groups in total. The van der Waals surface area contributed by atoms with Gasteiger partial charge < -0.3 is 24.8 Å². The Morgan fingerprint density at radius 3 is 2.19 bits per heavy atom. The Morgan fingerprint density at radius 1 is 0.778 bits per heavy atom. The highest BCUT2D eigenvalue weighted by atomic mass is 32.1. The maximum Gasteiger partial charge on any atom is 0.257 e. The number of rotatable bonds is 12. The maximum absolute atomic E-state index is 12.6. The van der Waals surface area contributed by atoms with Gasteiger partial charge in [0.05, 0.1) is 0 Å². The summed E-state index contributed by atoms with van der Waals surface area (Å²) in [5.41, 5.74) is 1.58. The molecule has 188 valence electrons. The van der Waals surface area contributed by atoms with E-state index in [1.807, 2.05) is 30.3 Å². The van der Waals surface area contributed by atoms with Crippen LogP contribution in [0.25, 0.3) is 0 Å². The third-order valence-electron chi connectivity index (χ3n) is 4.90. The lowest BCUT2D eigenvalue weighted by Gasteiger charge is -2.12. The van der Waals surface area contributed by atoms with Gasteiger partial charge in [-0.1, -0.05) is 24.3 Å². The molecule has 0 spiro atoms. The first-order valence-electron chi connectivity index (χ1n) is 11.5. The van der Waals surface area contributed by atoms with Gasteiger partial charge in [-0.05, 0) is 73.2 Å². The Morgan fingerprint density at radius 2 is 1.47 bits per heavy atom. The van der Waals surface area contributed by atoms with Crippen molar-refractivity contribution in [1.29, 1.82) is 0 Å². The average molecular weight is 508 g/mol. The number of carbonyl (C=O) groups excluding carboxylic acids is 2. The lowest BCUT2D eigenvalue weighted by atomic mass is 10.2. The van der Waals surface area contributed by atoms with Crippen LogP contribution in [0.15, 0.2) is 78.9 Å². The molecule has 0 bridgehead atoms. The normalized spacial score (nSPS) is 10.2. The summed E-state index contributed by atoms with van der Waals surface area (Å²) in [5.74, 6) is 0.785. The number of nitrogens with one attached hydrogen (secondary N) is 3. The first-order chi connectivity index (χ1) is 17.5. The summed E-state index contributed by atoms with van der Waals surface area (Å²) in [6, 6.07) is 23.1. The zero-order valence-electron chi connectivity index (χ0n) is 20.0. The molecule has 36 heavy (non-hydrogen) atoms. The largest absolute Gasteiger partial charge is 0.490 e. The summed E-state index contributed by atoms with van der Waals surface area (Å²) < 4.78 is 16.3. The van der Waals surface area contributed by atoms with E-state index < -0.39 is 0 Å². The molecule has 3 aromatic carbocycles. The second-order valence-corrected chi connectivity index (χ2v) is 8.03. The van der Waals surface area contributed by atoms with E-state index in [1.54, 1.807) is 55.6 Å². The van der Waals surface area contributed by atoms with E-state index >= 15 is 0 Å². The van der Waals surface area contributed by atoms with Crippen molar-refractivity contribution in [2.24, 2.45) is 0 Å². The third-order valence-corrected chi connectivity index (χ3v) is 5.11. The van der Waals surface area contributed by atoms with E-state index in [0.717, 1.165) is 12.2 Å². The van der Waals surface area contributed by atoms with Crippen LogP contribution >= 0.6 is 12.2 Å². The first-order valence-corrected chi connectivity index (χ1v) is 11.9. The molecule has 0 saturated heterocycles. The van der Waals surface area contributed by atoms with Crippen molar-refractivity contribution in [3.63, 3.8) is 0 Å². The zero-order chi connectivity index (χ0) is 25.6. The molecule has 0 unspecified atom stereocenters. The molecule has 0 aromatic heterocycles. The summed E-state index contributed by atoms with van der Waals surface area (Å²) in [7, 11) is 1.62. The number of amides is 2. The molecule has 0 aliphatic rings. The van der Waals surface area contributed by atoms with Gasteiger partial charge in [0.15, 0.2) is 5.11 Å². The van der Waals surface area contributed by atoms with Gasteiger partial charge in [0, 0.05) is 37.1 Å². The second-order valence-electron chi connectivity index (χ2n) is 7.63. The Balaban J connectivity index is 1.43. The molecule has 9 heteroatoms. The number of hydrogen-bond acceptors (Lipinski definition) is 6. The molecule has 0 atom stereocenters. The molecular formula is C27H29N3O5S. The topological polar surface area (TPSA) is 97.9 Å². The van der Waals surface area contributed by atoms with Gasteiger partial charge in [0.25, 0.3) is 11.8 Å². The third kappa shape index (κ3) is 9.01. The molecule has 8 nitrogen and oxygen atoms in total. The Labute approximate surface area is 216 Å². The van der Waals surface area contributed by atoms with Gasteiger partial charge >= 0.3 is 0 Å². The van der Waals surface area contributed by atoms with Gasteiger partial charge in [-0.15, -0.1) is 0 Å². The van der Waals surface area contributed by atoms with Crippen LogP contribution in [0.4, 0.5) is 5.69 Å². The van der Waals surface area contributed by atoms with Crippen LogP contribution in [0.1, 0.15) is 27.1 Å². The lowest BCUT2D eigenvalue weighted by molar-refractivity contribution is 0.0946. The number of carbonyl (C=O) groups is 2. The summed E-state index contributed by atoms with van der Waals surface area (Å²) in [6.07, 6.45) is 0.744. The van der Waals surface area contributed by atoms with Crippen LogP contribution in [0.2, 0.25) is 0 Å². The maximum atomic E-state index is 12.6. The average Bonchev–Trinajstić information content (AvgIpc) is 2.90. The fraction of sp³-hybridized carbons (Fsp3) is 0.222. The zero-order valence-corrected chi connectivity index (χ0v) is 20.8. The van der Waals surface area contributed by atoms with E-state index in [9.17, 15) is 9.59 Å². The summed E-state index contributed by atoms with van der Waals surface area (Å²) in [5, 5.41) is 8.56. The smallest absolute Gasteiger partial charge is 0.257 e. The SMILES string of the molecule is COCCCNC(=O)c1ccc(NC(=S)NC(=O)c2cccc(OCCOc3ccccc3)c2)cc1. The fourth-order valence-corrected chi connectivity index (χ4v) is 3.34. The summed E-state index contributed by atoms with van der Waals surface area (Å²) >= 11 is 5.26. The van der Waals surface area contributed by atoms with Crippen molar-refractivity contribution in [2.45, 2.75) is 6.42 Å². The molecule has 0 heterocycles. The van der Waals surface area contributed by atoms with Crippen molar-refractivity contribution >= 4 is 34.8 Å². The Hall–Kier alpha value is -3.95. The molecule has 2 amide bonds. The van der Waals surface area contributed by atoms with Crippen molar-refractivity contribution in [1.82, 2.24) is 10.6 Å². The van der Waals surface area contributed by atoms with Crippen LogP contribution in [0, 0.1) is 0 Å². The minimum absolute atomic E-state index is 0.138. The summed E-state index contributed by atoms with van der Waals surface area (Å²) in [6.45, 7) is 1.84. The molecule has 3 rings (SSSR count). The van der Waals surface area contributed by atoms with E-state index in [2.05, 4.69) is 16.0 Å². The highest BCUT2D eigenvalue weighted by molar-refractivity contribution is 7.80. The first kappa shape index (κ1) is 26.7. The highest BCUT2D eigenvalue weighted by Gasteiger charge is 2.10. The second kappa shape index (κ2) is 14.4. The quantitative estimate of drug-likeness (QED) is 0.251. The monoisotopic (exact) mass is 507 g/mol. The number of methoxy groups -OCH3 is 1. The molecule has 0 fully saturated rings. The predicted octanol–water partition coefficient (Wildman–Crippen LogP) is 4.04. The van der Waals surface area contributed by atoms with E-state index in [4.69, 9.17) is 26.4 Å². The number of hydrogen-bond donors (Lipinski definition) is 3. The van der Waals surface area contributed by atoms with Gasteiger partial charge in [-0.3, -0.25) is 14.9 Å². The minimum atomic E-state index is -0.370. The predicted molar refractivity (Wildman–Crippen MR) is 143 cm³/mol. The van der Waals surface area contributed by atoms with Crippen LogP contribution in [-0.4, -0.2) is 50.4 Å². The van der Waals surface area contributed by atoms with E-state index in [0.29, 0.717) is 48.9 Å². The van der Waals surface area contributed by atoms with Gasteiger partial charge in [-0.25, -0.2) is 0 Å². The van der Waals surface area contributed by atoms with Gasteiger partial charge in [0.1, 0.15) is 24.7 Å². The fourth-order valence-electron chi connectivity index (χ4n) is 3.13. The van der Waals surface area contributed by atoms with Crippen LogP contribution in [-0.2, 0) is 4.74 Å². The minimum Gasteiger partial charge on any atom is -0.490 e. The van der Waals surface area contributed by atoms with Crippen molar-refractivity contribution < 1.29 is 23.8 Å². The van der Waals surface area contributed by atoms with Crippen molar-refractivity contribution in [3.05, 3.63) is 90.0 Å². The van der Waals surface area contributed by atoms with Crippen LogP contribution < -0.4 is 25.4 Å². The summed E-state index contributed by atoms with van der Waals surface area (Å²) in [4.78, 5) is 24.8. The molecule has 0 aliphatic heterocycles. The number of ether oxygens (including phenoxy) is 3. The standard InChI is InChI=1S/C27H29N3O5S/c1-33-16-6-15-28-25(31)20-11-13-22(14-12-20)29-27(36)30-26(32)21-7-5-10-24(19-21)35-18-17-34-23-8-3-2-4-9-23/h2-5,7-14,19H,6,15-18H2,1H3,(H,28,31)(H2,29,30,32,36). The van der Waals surface area contributed by atoms with Crippen LogP contribution in [0.3, 0.4) is 0 Å². The molecule has 0 saturated carbocycles. The van der Waals surface area contributed by atoms with E-state index in [1.165, 1.54) is 0 Å². The molecular weight excluding hydrogens is 478 g/mol. The highest BCUT2D eigenvalue weighted by Crippen LogP contribution is 2.14. The molecule has 3 aromatic rings. The lowest BCUT2D eigenvalue weighted by Crippen LogP contribution is -2.34. The van der Waals surface area contributed by atoms with Gasteiger partial charge in [0.2, 0.25) is 0 Å². The van der Waals surface area contributed by atoms with Gasteiger partial charge in [-0.2, -0.15) is 0 Å². The van der Waals surface area contributed by atoms with Crippen LogP contribution in [0.5, 0.6) is 11.5 Å². The Bertz CT molecular complexity index is 1140. The number of para-hydroxylation sites is 1. The Kier molecular flexibility index (Phi) is 10.7. The van der Waals surface area contributed by atoms with Crippen molar-refractivity contribution in [2.75, 3.05) is 38.8 Å². The molecule has 0 radical (unpaired) electrons. The number of anilines is 1. The van der Waals surface area contributed by atoms with E-state index in [-0.39, 0.29) is 16.9 Å². The molecule has 0 aliphatic carbocycles. The van der Waals surface area contributed by atoms with Crippen molar-refractivity contribution in [3.8, 4) is 11.5 Å². The number of thiocarbonyl (C=S) groups is 1. The number of benzene rings is 3.